The van der Waals surface area contributed by atoms with Crippen molar-refractivity contribution in [2.24, 2.45) is 0 Å². The molecular weight excluding hydrogens is 1020 g/mol. The molecule has 0 spiro atoms. The second kappa shape index (κ2) is 71.3. The molecule has 6 nitrogen and oxygen atoms in total. The Morgan fingerprint density at radius 2 is 0.470 bits per heavy atom. The zero-order valence-corrected chi connectivity index (χ0v) is 55.5. The summed E-state index contributed by atoms with van der Waals surface area (Å²) in [5.74, 6) is -0.902. The van der Waals surface area contributed by atoms with Crippen LogP contribution in [-0.2, 0) is 28.6 Å². The van der Waals surface area contributed by atoms with Crippen LogP contribution in [0.4, 0.5) is 0 Å². The molecule has 0 fully saturated rings. The van der Waals surface area contributed by atoms with E-state index >= 15 is 0 Å². The van der Waals surface area contributed by atoms with E-state index in [1.54, 1.807) is 0 Å². The molecule has 0 aromatic rings. The first-order valence-electron chi connectivity index (χ1n) is 36.4. The summed E-state index contributed by atoms with van der Waals surface area (Å²) in [6.07, 6.45) is 93.7. The van der Waals surface area contributed by atoms with Crippen LogP contribution < -0.4 is 0 Å². The molecule has 482 valence electrons. The molecule has 0 aliphatic carbocycles. The monoisotopic (exact) mass is 1160 g/mol. The summed E-state index contributed by atoms with van der Waals surface area (Å²) in [4.78, 5) is 38.5. The van der Waals surface area contributed by atoms with Gasteiger partial charge in [0.2, 0.25) is 0 Å². The van der Waals surface area contributed by atoms with Gasteiger partial charge in [-0.2, -0.15) is 0 Å². The number of carbonyl (C=O) groups is 3. The van der Waals surface area contributed by atoms with Crippen LogP contribution in [0.5, 0.6) is 0 Å². The Balaban J connectivity index is 4.29. The van der Waals surface area contributed by atoms with Gasteiger partial charge in [-0.1, -0.05) is 344 Å². The van der Waals surface area contributed by atoms with Crippen LogP contribution in [0.1, 0.15) is 380 Å². The fourth-order valence-corrected chi connectivity index (χ4v) is 10.8. The summed E-state index contributed by atoms with van der Waals surface area (Å²) in [5.41, 5.74) is 0. The second-order valence-electron chi connectivity index (χ2n) is 24.5. The van der Waals surface area contributed by atoms with E-state index in [1.165, 1.54) is 244 Å². The molecule has 0 aromatic carbocycles. The summed E-state index contributed by atoms with van der Waals surface area (Å²) in [5, 5.41) is 0. The zero-order chi connectivity index (χ0) is 59.9. The van der Waals surface area contributed by atoms with Gasteiger partial charge in [-0.25, -0.2) is 0 Å². The van der Waals surface area contributed by atoms with Gasteiger partial charge in [0, 0.05) is 19.3 Å². The molecule has 0 aliphatic rings. The van der Waals surface area contributed by atoms with Crippen LogP contribution in [0.3, 0.4) is 0 Å². The van der Waals surface area contributed by atoms with Gasteiger partial charge in [-0.05, 0) is 89.9 Å². The minimum Gasteiger partial charge on any atom is -0.462 e. The molecule has 83 heavy (non-hydrogen) atoms. The SMILES string of the molecule is CC/C=C\C/C=C\C/C=C\C/C=C\C/C=C\CCCCCC(=O)OC(COC(=O)CCCCCCCCC/C=C\CCCCCCCC)COC(=O)CCCCCCCCCCCCCCCCCCCCCCCCCCCCCCC. The van der Waals surface area contributed by atoms with Crippen LogP contribution in [0.15, 0.2) is 72.9 Å². The largest absolute Gasteiger partial charge is 0.462 e. The van der Waals surface area contributed by atoms with Crippen molar-refractivity contribution < 1.29 is 28.6 Å². The predicted octanol–water partition coefficient (Wildman–Crippen LogP) is 25.2. The average molecular weight is 1160 g/mol. The maximum Gasteiger partial charge on any atom is 0.306 e. The molecule has 0 rings (SSSR count). The van der Waals surface area contributed by atoms with Crippen molar-refractivity contribution in [3.05, 3.63) is 72.9 Å². The Hall–Kier alpha value is -3.15. The van der Waals surface area contributed by atoms with Gasteiger partial charge in [0.05, 0.1) is 0 Å². The lowest BCUT2D eigenvalue weighted by molar-refractivity contribution is -0.167. The fourth-order valence-electron chi connectivity index (χ4n) is 10.8. The normalized spacial score (nSPS) is 12.5. The van der Waals surface area contributed by atoms with Crippen LogP contribution in [0.2, 0.25) is 0 Å². The Morgan fingerprint density at radius 1 is 0.253 bits per heavy atom. The highest BCUT2D eigenvalue weighted by Gasteiger charge is 2.19. The number of ether oxygens (including phenoxy) is 3. The molecule has 0 bridgehead atoms. The molecule has 0 N–H and O–H groups in total. The number of allylic oxidation sites excluding steroid dienone is 12. The molecule has 0 saturated carbocycles. The lowest BCUT2D eigenvalue weighted by Gasteiger charge is -2.18. The molecule has 0 amide bonds. The van der Waals surface area contributed by atoms with Gasteiger partial charge < -0.3 is 14.2 Å². The third-order valence-corrected chi connectivity index (χ3v) is 16.2. The van der Waals surface area contributed by atoms with Crippen molar-refractivity contribution >= 4 is 17.9 Å². The lowest BCUT2D eigenvalue weighted by Crippen LogP contribution is -2.30. The lowest BCUT2D eigenvalue weighted by atomic mass is 10.0. The van der Waals surface area contributed by atoms with Crippen molar-refractivity contribution in [2.75, 3.05) is 13.2 Å². The Kier molecular flexibility index (Phi) is 68.6. The van der Waals surface area contributed by atoms with E-state index in [9.17, 15) is 14.4 Å². The van der Waals surface area contributed by atoms with Crippen LogP contribution in [0, 0.1) is 0 Å². The first-order chi connectivity index (χ1) is 41.0. The van der Waals surface area contributed by atoms with E-state index in [1.807, 2.05) is 0 Å². The molecular formula is C77H138O6. The molecule has 6 heteroatoms. The number of unbranched alkanes of at least 4 members (excludes halogenated alkanes) is 44. The standard InChI is InChI=1S/C77H138O6/c1-4-7-10-13-16-19-22-25-28-31-33-34-35-36-37-38-39-40-41-42-44-46-49-52-55-58-61-64-67-70-76(79)82-73-74(72-81-75(78)69-66-63-60-57-54-51-48-45-30-27-24-21-18-15-12-9-6-3)83-77(80)71-68-65-62-59-56-53-50-47-43-32-29-26-23-20-17-14-11-8-5-2/h8,11,17,20,26-27,29-30,43,47,53,56,74H,4-7,9-10,12-16,18-19,21-25,28,31-42,44-46,48-52,54-55,57-73H2,1-3H3/b11-8-,20-17-,29-26-,30-27-,47-43-,56-53-. The van der Waals surface area contributed by atoms with Gasteiger partial charge in [-0.15, -0.1) is 0 Å². The van der Waals surface area contributed by atoms with Crippen molar-refractivity contribution in [1.29, 1.82) is 0 Å². The zero-order valence-electron chi connectivity index (χ0n) is 55.5. The quantitative estimate of drug-likeness (QED) is 0.0261. The van der Waals surface area contributed by atoms with Gasteiger partial charge in [-0.3, -0.25) is 14.4 Å². The van der Waals surface area contributed by atoms with E-state index < -0.39 is 6.10 Å². The minimum absolute atomic E-state index is 0.0869. The molecule has 0 aliphatic heterocycles. The van der Waals surface area contributed by atoms with Crippen molar-refractivity contribution in [3.63, 3.8) is 0 Å². The van der Waals surface area contributed by atoms with Crippen LogP contribution in [-0.4, -0.2) is 37.2 Å². The minimum atomic E-state index is -0.796. The summed E-state index contributed by atoms with van der Waals surface area (Å²) in [6.45, 7) is 6.55. The highest BCUT2D eigenvalue weighted by atomic mass is 16.6. The first kappa shape index (κ1) is 79.8. The van der Waals surface area contributed by atoms with Crippen LogP contribution in [0.25, 0.3) is 0 Å². The first-order valence-corrected chi connectivity index (χ1v) is 36.4. The smallest absolute Gasteiger partial charge is 0.306 e. The van der Waals surface area contributed by atoms with E-state index in [4.69, 9.17) is 14.2 Å². The predicted molar refractivity (Wildman–Crippen MR) is 362 cm³/mol. The highest BCUT2D eigenvalue weighted by molar-refractivity contribution is 5.71. The third-order valence-electron chi connectivity index (χ3n) is 16.2. The Morgan fingerprint density at radius 3 is 0.759 bits per heavy atom. The number of esters is 3. The van der Waals surface area contributed by atoms with Gasteiger partial charge >= 0.3 is 17.9 Å². The van der Waals surface area contributed by atoms with E-state index in [-0.39, 0.29) is 31.1 Å². The number of carbonyl (C=O) groups excluding carboxylic acids is 3. The van der Waals surface area contributed by atoms with Gasteiger partial charge in [0.25, 0.3) is 0 Å². The summed E-state index contributed by atoms with van der Waals surface area (Å²) in [7, 11) is 0. The van der Waals surface area contributed by atoms with E-state index in [0.29, 0.717) is 19.3 Å². The van der Waals surface area contributed by atoms with Gasteiger partial charge in [0.15, 0.2) is 6.10 Å². The average Bonchev–Trinajstić information content (AvgIpc) is 3.49. The second-order valence-corrected chi connectivity index (χ2v) is 24.5. The van der Waals surface area contributed by atoms with E-state index in [0.717, 1.165) is 96.3 Å². The Bertz CT molecular complexity index is 1520. The van der Waals surface area contributed by atoms with Gasteiger partial charge in [0.1, 0.15) is 13.2 Å². The van der Waals surface area contributed by atoms with Crippen molar-refractivity contribution in [2.45, 2.75) is 386 Å². The molecule has 0 saturated heterocycles. The maximum absolute atomic E-state index is 12.9. The molecule has 1 atom stereocenters. The van der Waals surface area contributed by atoms with Crippen molar-refractivity contribution in [1.82, 2.24) is 0 Å². The molecule has 0 aromatic heterocycles. The molecule has 0 radical (unpaired) electrons. The summed E-state index contributed by atoms with van der Waals surface area (Å²) < 4.78 is 17.0. The maximum atomic E-state index is 12.9. The fraction of sp³-hybridized carbons (Fsp3) is 0.805. The molecule has 0 heterocycles. The van der Waals surface area contributed by atoms with E-state index in [2.05, 4.69) is 93.7 Å². The number of hydrogen-bond donors (Lipinski definition) is 0. The third kappa shape index (κ3) is 69.5. The molecule has 1 unspecified atom stereocenters. The number of hydrogen-bond acceptors (Lipinski definition) is 6. The Labute approximate surface area is 516 Å². The highest BCUT2D eigenvalue weighted by Crippen LogP contribution is 2.18. The summed E-state index contributed by atoms with van der Waals surface area (Å²) in [6, 6.07) is 0. The van der Waals surface area contributed by atoms with Crippen LogP contribution >= 0.6 is 0 Å². The number of rotatable bonds is 67. The topological polar surface area (TPSA) is 78.9 Å². The van der Waals surface area contributed by atoms with Crippen molar-refractivity contribution in [3.8, 4) is 0 Å². The summed E-state index contributed by atoms with van der Waals surface area (Å²) >= 11 is 0.